The number of aliphatic hydroxyl groups is 1. The molecule has 1 aromatic heterocycles. The standard InChI is InChI=1S/C8H8ClNO2/c1-4-6-5(8(11)12-4)2-3-10-7(6)9/h2-4,8,11H,1H3. The Hall–Kier alpha value is -0.640. The summed E-state index contributed by atoms with van der Waals surface area (Å²) in [6, 6.07) is 1.72. The first-order valence-corrected chi connectivity index (χ1v) is 4.06. The molecule has 1 aliphatic rings. The van der Waals surface area contributed by atoms with Crippen LogP contribution in [-0.4, -0.2) is 10.1 Å². The van der Waals surface area contributed by atoms with E-state index in [4.69, 9.17) is 16.3 Å². The van der Waals surface area contributed by atoms with Crippen LogP contribution in [0, 0.1) is 0 Å². The first-order chi connectivity index (χ1) is 5.70. The smallest absolute Gasteiger partial charge is 0.182 e. The summed E-state index contributed by atoms with van der Waals surface area (Å²) in [4.78, 5) is 3.91. The Morgan fingerprint density at radius 2 is 2.42 bits per heavy atom. The molecule has 0 amide bonds. The Balaban J connectivity index is 2.59. The van der Waals surface area contributed by atoms with Crippen LogP contribution < -0.4 is 0 Å². The van der Waals surface area contributed by atoms with Gasteiger partial charge in [-0.1, -0.05) is 11.6 Å². The molecule has 0 saturated carbocycles. The molecule has 0 bridgehead atoms. The van der Waals surface area contributed by atoms with Gasteiger partial charge in [-0.25, -0.2) is 4.98 Å². The lowest BCUT2D eigenvalue weighted by molar-refractivity contribution is -0.115. The number of aliphatic hydroxyl groups excluding tert-OH is 1. The van der Waals surface area contributed by atoms with Gasteiger partial charge in [0.1, 0.15) is 5.15 Å². The van der Waals surface area contributed by atoms with Crippen molar-refractivity contribution in [3.8, 4) is 0 Å². The van der Waals surface area contributed by atoms with E-state index >= 15 is 0 Å². The zero-order valence-corrected chi connectivity index (χ0v) is 7.25. The molecular formula is C8H8ClNO2. The number of rotatable bonds is 0. The van der Waals surface area contributed by atoms with Gasteiger partial charge in [-0.05, 0) is 13.0 Å². The zero-order chi connectivity index (χ0) is 8.72. The highest BCUT2D eigenvalue weighted by atomic mass is 35.5. The fourth-order valence-corrected chi connectivity index (χ4v) is 1.73. The van der Waals surface area contributed by atoms with Gasteiger partial charge in [-0.3, -0.25) is 0 Å². The van der Waals surface area contributed by atoms with Crippen LogP contribution in [-0.2, 0) is 4.74 Å². The summed E-state index contributed by atoms with van der Waals surface area (Å²) in [7, 11) is 0. The first kappa shape index (κ1) is 7.98. The Bertz CT molecular complexity index is 316. The molecule has 2 atom stereocenters. The largest absolute Gasteiger partial charge is 0.364 e. The van der Waals surface area contributed by atoms with E-state index in [0.717, 1.165) is 11.1 Å². The van der Waals surface area contributed by atoms with Crippen LogP contribution in [0.5, 0.6) is 0 Å². The Morgan fingerprint density at radius 1 is 1.67 bits per heavy atom. The van der Waals surface area contributed by atoms with Gasteiger partial charge in [0, 0.05) is 17.3 Å². The van der Waals surface area contributed by atoms with Gasteiger partial charge in [0.05, 0.1) is 6.10 Å². The van der Waals surface area contributed by atoms with E-state index in [1.807, 2.05) is 6.92 Å². The molecule has 2 rings (SSSR count). The summed E-state index contributed by atoms with van der Waals surface area (Å²) in [6.07, 6.45) is 0.540. The summed E-state index contributed by atoms with van der Waals surface area (Å²) in [5.74, 6) is 0. The summed E-state index contributed by atoms with van der Waals surface area (Å²) in [5.41, 5.74) is 1.52. The number of halogens is 1. The molecule has 0 fully saturated rings. The zero-order valence-electron chi connectivity index (χ0n) is 6.49. The topological polar surface area (TPSA) is 42.4 Å². The second-order valence-electron chi connectivity index (χ2n) is 2.74. The van der Waals surface area contributed by atoms with E-state index in [9.17, 15) is 5.11 Å². The minimum absolute atomic E-state index is 0.170. The van der Waals surface area contributed by atoms with Gasteiger partial charge in [0.2, 0.25) is 0 Å². The number of hydrogen-bond acceptors (Lipinski definition) is 3. The van der Waals surface area contributed by atoms with E-state index in [-0.39, 0.29) is 6.10 Å². The lowest BCUT2D eigenvalue weighted by Gasteiger charge is -2.03. The Labute approximate surface area is 75.0 Å². The van der Waals surface area contributed by atoms with Gasteiger partial charge >= 0.3 is 0 Å². The average molecular weight is 186 g/mol. The molecule has 0 aliphatic carbocycles. The minimum atomic E-state index is -0.851. The molecule has 1 N–H and O–H groups in total. The van der Waals surface area contributed by atoms with Crippen molar-refractivity contribution in [1.82, 2.24) is 4.98 Å². The molecule has 0 saturated heterocycles. The normalized spacial score (nSPS) is 27.2. The van der Waals surface area contributed by atoms with Crippen molar-refractivity contribution in [2.45, 2.75) is 19.3 Å². The van der Waals surface area contributed by atoms with Crippen molar-refractivity contribution in [1.29, 1.82) is 0 Å². The molecular weight excluding hydrogens is 178 g/mol. The van der Waals surface area contributed by atoms with E-state index in [1.165, 1.54) is 0 Å². The molecule has 1 aromatic rings. The summed E-state index contributed by atoms with van der Waals surface area (Å²) in [6.45, 7) is 1.84. The van der Waals surface area contributed by atoms with Crippen molar-refractivity contribution in [3.05, 3.63) is 28.5 Å². The lowest BCUT2D eigenvalue weighted by Crippen LogP contribution is -1.92. The van der Waals surface area contributed by atoms with Crippen LogP contribution in [0.4, 0.5) is 0 Å². The van der Waals surface area contributed by atoms with Crippen LogP contribution in [0.2, 0.25) is 5.15 Å². The number of aromatic nitrogens is 1. The quantitative estimate of drug-likeness (QED) is 0.627. The van der Waals surface area contributed by atoms with Crippen molar-refractivity contribution in [2.75, 3.05) is 0 Å². The molecule has 0 spiro atoms. The van der Waals surface area contributed by atoms with Crippen molar-refractivity contribution >= 4 is 11.6 Å². The highest BCUT2D eigenvalue weighted by Crippen LogP contribution is 2.39. The lowest BCUT2D eigenvalue weighted by atomic mass is 10.1. The molecule has 2 heterocycles. The van der Waals surface area contributed by atoms with Gasteiger partial charge < -0.3 is 9.84 Å². The number of nitrogens with zero attached hydrogens (tertiary/aromatic N) is 1. The average Bonchev–Trinajstić information content (AvgIpc) is 2.29. The summed E-state index contributed by atoms with van der Waals surface area (Å²) in [5, 5.41) is 9.78. The third-order valence-corrected chi connectivity index (χ3v) is 2.28. The van der Waals surface area contributed by atoms with Crippen LogP contribution in [0.3, 0.4) is 0 Å². The van der Waals surface area contributed by atoms with Crippen LogP contribution in [0.15, 0.2) is 12.3 Å². The monoisotopic (exact) mass is 185 g/mol. The van der Waals surface area contributed by atoms with Crippen LogP contribution in [0.1, 0.15) is 30.4 Å². The summed E-state index contributed by atoms with van der Waals surface area (Å²) >= 11 is 5.83. The molecule has 1 aliphatic heterocycles. The molecule has 4 heteroatoms. The second-order valence-corrected chi connectivity index (χ2v) is 3.09. The van der Waals surface area contributed by atoms with Gasteiger partial charge in [0.15, 0.2) is 6.29 Å². The van der Waals surface area contributed by atoms with Crippen molar-refractivity contribution in [2.24, 2.45) is 0 Å². The van der Waals surface area contributed by atoms with Gasteiger partial charge in [0.25, 0.3) is 0 Å². The van der Waals surface area contributed by atoms with Crippen molar-refractivity contribution in [3.63, 3.8) is 0 Å². The van der Waals surface area contributed by atoms with E-state index in [1.54, 1.807) is 12.3 Å². The van der Waals surface area contributed by atoms with E-state index in [0.29, 0.717) is 5.15 Å². The number of hydrogen-bond donors (Lipinski definition) is 1. The third-order valence-electron chi connectivity index (χ3n) is 1.98. The number of fused-ring (bicyclic) bond motifs is 1. The Morgan fingerprint density at radius 3 is 3.08 bits per heavy atom. The maximum Gasteiger partial charge on any atom is 0.182 e. The fraction of sp³-hybridized carbons (Fsp3) is 0.375. The van der Waals surface area contributed by atoms with E-state index < -0.39 is 6.29 Å². The maximum absolute atomic E-state index is 9.37. The third kappa shape index (κ3) is 1.02. The Kier molecular flexibility index (Phi) is 1.79. The van der Waals surface area contributed by atoms with Crippen molar-refractivity contribution < 1.29 is 9.84 Å². The highest BCUT2D eigenvalue weighted by Gasteiger charge is 2.29. The first-order valence-electron chi connectivity index (χ1n) is 3.68. The number of pyridine rings is 1. The maximum atomic E-state index is 9.37. The molecule has 64 valence electrons. The van der Waals surface area contributed by atoms with Gasteiger partial charge in [-0.15, -0.1) is 0 Å². The highest BCUT2D eigenvalue weighted by molar-refractivity contribution is 6.30. The molecule has 0 radical (unpaired) electrons. The predicted octanol–water partition coefficient (Wildman–Crippen LogP) is 1.82. The SMILES string of the molecule is CC1OC(O)c2ccnc(Cl)c21. The fourth-order valence-electron chi connectivity index (χ4n) is 1.41. The predicted molar refractivity (Wildman–Crippen MR) is 43.7 cm³/mol. The van der Waals surface area contributed by atoms with Crippen LogP contribution >= 0.6 is 11.6 Å². The molecule has 2 unspecified atom stereocenters. The second kappa shape index (κ2) is 2.69. The summed E-state index contributed by atoms with van der Waals surface area (Å²) < 4.78 is 5.14. The minimum Gasteiger partial charge on any atom is -0.364 e. The molecule has 12 heavy (non-hydrogen) atoms. The van der Waals surface area contributed by atoms with E-state index in [2.05, 4.69) is 4.98 Å². The molecule has 3 nitrogen and oxygen atoms in total. The van der Waals surface area contributed by atoms with Crippen LogP contribution in [0.25, 0.3) is 0 Å². The molecule has 0 aromatic carbocycles. The van der Waals surface area contributed by atoms with Gasteiger partial charge in [-0.2, -0.15) is 0 Å². The number of ether oxygens (including phenoxy) is 1.